The van der Waals surface area contributed by atoms with Gasteiger partial charge in [0.15, 0.2) is 5.65 Å². The summed E-state index contributed by atoms with van der Waals surface area (Å²) >= 11 is 0. The summed E-state index contributed by atoms with van der Waals surface area (Å²) in [5, 5.41) is 8.72. The van der Waals surface area contributed by atoms with E-state index < -0.39 is 0 Å². The van der Waals surface area contributed by atoms with Crippen LogP contribution in [0, 0.1) is 0 Å². The van der Waals surface area contributed by atoms with Crippen molar-refractivity contribution in [3.05, 3.63) is 36.5 Å². The first-order valence-corrected chi connectivity index (χ1v) is 8.21. The van der Waals surface area contributed by atoms with Gasteiger partial charge in [0.25, 0.3) is 0 Å². The number of nitrogens with two attached hydrogens (primary N) is 1. The number of aromatic nitrogens is 5. The molecule has 0 aliphatic heterocycles. The first-order valence-electron chi connectivity index (χ1n) is 8.21. The van der Waals surface area contributed by atoms with E-state index >= 15 is 0 Å². The third kappa shape index (κ3) is 2.71. The summed E-state index contributed by atoms with van der Waals surface area (Å²) in [6, 6.07) is 4.60. The van der Waals surface area contributed by atoms with Crippen molar-refractivity contribution in [3.63, 3.8) is 0 Å². The molecule has 3 aromatic heterocycles. The zero-order valence-electron chi connectivity index (χ0n) is 13.6. The van der Waals surface area contributed by atoms with Gasteiger partial charge in [0, 0.05) is 41.7 Å². The van der Waals surface area contributed by atoms with Crippen LogP contribution in [-0.2, 0) is 0 Å². The molecule has 7 heteroatoms. The third-order valence-corrected chi connectivity index (χ3v) is 4.65. The number of fused-ring (bicyclic) bond motifs is 1. The lowest BCUT2D eigenvalue weighted by atomic mass is 9.85. The topological polar surface area (TPSA) is 91.2 Å². The average molecular weight is 324 g/mol. The van der Waals surface area contributed by atoms with Gasteiger partial charge in [-0.3, -0.25) is 4.40 Å². The predicted molar refractivity (Wildman–Crippen MR) is 89.7 cm³/mol. The summed E-state index contributed by atoms with van der Waals surface area (Å²) in [6.07, 6.45) is 9.90. The van der Waals surface area contributed by atoms with Crippen LogP contribution >= 0.6 is 0 Å². The van der Waals surface area contributed by atoms with Gasteiger partial charge < -0.3 is 10.5 Å². The molecule has 124 valence electrons. The van der Waals surface area contributed by atoms with Crippen LogP contribution in [0.4, 0.5) is 0 Å². The molecule has 1 aliphatic rings. The Bertz CT molecular complexity index is 844. The second kappa shape index (κ2) is 6.16. The first kappa shape index (κ1) is 15.0. The van der Waals surface area contributed by atoms with E-state index in [2.05, 4.69) is 30.8 Å². The van der Waals surface area contributed by atoms with E-state index in [1.54, 1.807) is 19.5 Å². The second-order valence-electron chi connectivity index (χ2n) is 6.29. The summed E-state index contributed by atoms with van der Waals surface area (Å²) in [5.74, 6) is 1.36. The lowest BCUT2D eigenvalue weighted by Crippen LogP contribution is -2.27. The molecule has 2 atom stereocenters. The SMILES string of the molecule is COc1ncc(-c2ccc3nnc([C@H]4CCC[C@@H](N)C4)n3c2)cn1. The molecule has 0 unspecified atom stereocenters. The van der Waals surface area contributed by atoms with Crippen molar-refractivity contribution in [1.82, 2.24) is 24.6 Å². The Hall–Kier alpha value is -2.54. The van der Waals surface area contributed by atoms with Gasteiger partial charge in [-0.05, 0) is 31.4 Å². The minimum absolute atomic E-state index is 0.259. The number of hydrogen-bond acceptors (Lipinski definition) is 6. The largest absolute Gasteiger partial charge is 0.467 e. The molecule has 0 radical (unpaired) electrons. The monoisotopic (exact) mass is 324 g/mol. The Kier molecular flexibility index (Phi) is 3.86. The van der Waals surface area contributed by atoms with Gasteiger partial charge in [-0.1, -0.05) is 6.42 Å². The van der Waals surface area contributed by atoms with Crippen LogP contribution in [0.15, 0.2) is 30.7 Å². The first-order chi connectivity index (χ1) is 11.7. The molecule has 0 amide bonds. The Morgan fingerprint density at radius 2 is 1.96 bits per heavy atom. The molecule has 24 heavy (non-hydrogen) atoms. The highest BCUT2D eigenvalue weighted by molar-refractivity contribution is 5.63. The van der Waals surface area contributed by atoms with Crippen molar-refractivity contribution in [1.29, 1.82) is 0 Å². The molecule has 3 heterocycles. The van der Waals surface area contributed by atoms with Gasteiger partial charge in [-0.25, -0.2) is 9.97 Å². The molecule has 4 rings (SSSR count). The highest BCUT2D eigenvalue weighted by Gasteiger charge is 2.24. The summed E-state index contributed by atoms with van der Waals surface area (Å²) in [4.78, 5) is 8.35. The molecule has 1 saturated carbocycles. The molecule has 3 aromatic rings. The van der Waals surface area contributed by atoms with Crippen molar-refractivity contribution >= 4 is 5.65 Å². The van der Waals surface area contributed by atoms with Crippen LogP contribution in [0.5, 0.6) is 6.01 Å². The minimum atomic E-state index is 0.259. The van der Waals surface area contributed by atoms with Gasteiger partial charge >= 0.3 is 6.01 Å². The van der Waals surface area contributed by atoms with Crippen molar-refractivity contribution in [3.8, 4) is 17.1 Å². The number of hydrogen-bond donors (Lipinski definition) is 1. The third-order valence-electron chi connectivity index (χ3n) is 4.65. The van der Waals surface area contributed by atoms with E-state index in [0.717, 1.165) is 48.3 Å². The quantitative estimate of drug-likeness (QED) is 0.794. The maximum atomic E-state index is 6.14. The van der Waals surface area contributed by atoms with E-state index in [1.807, 2.05) is 12.1 Å². The van der Waals surface area contributed by atoms with Crippen molar-refractivity contribution in [2.75, 3.05) is 7.11 Å². The fraction of sp³-hybridized carbons (Fsp3) is 0.412. The van der Waals surface area contributed by atoms with Gasteiger partial charge in [-0.2, -0.15) is 0 Å². The van der Waals surface area contributed by atoms with E-state index in [1.165, 1.54) is 0 Å². The molecule has 7 nitrogen and oxygen atoms in total. The van der Waals surface area contributed by atoms with E-state index in [0.29, 0.717) is 11.9 Å². The fourth-order valence-electron chi connectivity index (χ4n) is 3.39. The molecule has 1 aliphatic carbocycles. The van der Waals surface area contributed by atoms with Crippen LogP contribution in [0.2, 0.25) is 0 Å². The highest BCUT2D eigenvalue weighted by atomic mass is 16.5. The smallest absolute Gasteiger partial charge is 0.316 e. The summed E-state index contributed by atoms with van der Waals surface area (Å²) < 4.78 is 7.08. The van der Waals surface area contributed by atoms with E-state index in [-0.39, 0.29) is 6.04 Å². The molecule has 0 aromatic carbocycles. The molecule has 1 fully saturated rings. The standard InChI is InChI=1S/C17H20N6O/c1-24-17-19-8-13(9-20-17)12-5-6-15-21-22-16(23(15)10-12)11-3-2-4-14(18)7-11/h5-6,8-11,14H,2-4,7,18H2,1H3/t11-,14+/m0/s1. The molecule has 0 spiro atoms. The van der Waals surface area contributed by atoms with Crippen LogP contribution in [0.1, 0.15) is 37.4 Å². The van der Waals surface area contributed by atoms with Gasteiger partial charge in [0.1, 0.15) is 5.82 Å². The molecule has 2 N–H and O–H groups in total. The maximum Gasteiger partial charge on any atom is 0.316 e. The normalized spacial score (nSPS) is 21.1. The summed E-state index contributed by atoms with van der Waals surface area (Å²) in [5.41, 5.74) is 8.94. The Morgan fingerprint density at radius 3 is 2.71 bits per heavy atom. The lowest BCUT2D eigenvalue weighted by Gasteiger charge is -2.25. The van der Waals surface area contributed by atoms with Crippen LogP contribution in [0.3, 0.4) is 0 Å². The van der Waals surface area contributed by atoms with Crippen LogP contribution in [-0.4, -0.2) is 37.7 Å². The molecular weight excluding hydrogens is 304 g/mol. The number of pyridine rings is 1. The zero-order valence-corrected chi connectivity index (χ0v) is 13.6. The van der Waals surface area contributed by atoms with Crippen molar-refractivity contribution < 1.29 is 4.74 Å². The number of methoxy groups -OCH3 is 1. The highest BCUT2D eigenvalue weighted by Crippen LogP contribution is 2.32. The Labute approximate surface area is 139 Å². The number of nitrogens with zero attached hydrogens (tertiary/aromatic N) is 5. The molecule has 0 saturated heterocycles. The number of rotatable bonds is 3. The Balaban J connectivity index is 1.72. The van der Waals surface area contributed by atoms with E-state index in [4.69, 9.17) is 10.5 Å². The van der Waals surface area contributed by atoms with Crippen molar-refractivity contribution in [2.45, 2.75) is 37.6 Å². The van der Waals surface area contributed by atoms with Gasteiger partial charge in [0.05, 0.1) is 7.11 Å². The molecule has 0 bridgehead atoms. The van der Waals surface area contributed by atoms with Crippen LogP contribution in [0.25, 0.3) is 16.8 Å². The lowest BCUT2D eigenvalue weighted by molar-refractivity contribution is 0.380. The number of ether oxygens (including phenoxy) is 1. The maximum absolute atomic E-state index is 6.14. The van der Waals surface area contributed by atoms with Crippen LogP contribution < -0.4 is 10.5 Å². The van der Waals surface area contributed by atoms with Gasteiger partial charge in [-0.15, -0.1) is 10.2 Å². The molecular formula is C17H20N6O. The predicted octanol–water partition coefficient (Wildman–Crippen LogP) is 2.18. The second-order valence-corrected chi connectivity index (χ2v) is 6.29. The zero-order chi connectivity index (χ0) is 16.5. The summed E-state index contributed by atoms with van der Waals surface area (Å²) in [6.45, 7) is 0. The van der Waals surface area contributed by atoms with Gasteiger partial charge in [0.2, 0.25) is 0 Å². The minimum Gasteiger partial charge on any atom is -0.467 e. The van der Waals surface area contributed by atoms with E-state index in [9.17, 15) is 0 Å². The fourth-order valence-corrected chi connectivity index (χ4v) is 3.39. The average Bonchev–Trinajstić information content (AvgIpc) is 3.05. The van der Waals surface area contributed by atoms with Crippen molar-refractivity contribution in [2.24, 2.45) is 5.73 Å². The Morgan fingerprint density at radius 1 is 1.12 bits per heavy atom. The summed E-state index contributed by atoms with van der Waals surface area (Å²) in [7, 11) is 1.55.